The van der Waals surface area contributed by atoms with Crippen LogP contribution in [0.25, 0.3) is 0 Å². The Morgan fingerprint density at radius 3 is 2.21 bits per heavy atom. The van der Waals surface area contributed by atoms with Crippen molar-refractivity contribution in [3.05, 3.63) is 62.9 Å². The molecule has 4 nitrogen and oxygen atoms in total. The van der Waals surface area contributed by atoms with E-state index in [2.05, 4.69) is 4.90 Å². The van der Waals surface area contributed by atoms with Crippen LogP contribution >= 0.6 is 23.2 Å². The standard InChI is InChI=1S/C19H21Cl2FN2O2S.ClH/c1-13-10-19(14(2)9-17(13)20)27(25,26)24-7-5-23(6-8-24)12-15-3-4-16(22)11-18(15)21;/h3-4,9-11H,5-8,12H2,1-2H3;1H/p-1. The number of rotatable bonds is 4. The molecule has 3 rings (SSSR count). The van der Waals surface area contributed by atoms with Gasteiger partial charge in [0.05, 0.1) is 4.90 Å². The van der Waals surface area contributed by atoms with Crippen LogP contribution in [0.2, 0.25) is 10.0 Å². The highest BCUT2D eigenvalue weighted by Crippen LogP contribution is 2.27. The second-order valence-corrected chi connectivity index (χ2v) is 9.50. The van der Waals surface area contributed by atoms with Gasteiger partial charge in [-0.05, 0) is 54.8 Å². The Kier molecular flexibility index (Phi) is 7.76. The van der Waals surface area contributed by atoms with Gasteiger partial charge >= 0.3 is 0 Å². The van der Waals surface area contributed by atoms with E-state index in [4.69, 9.17) is 23.2 Å². The predicted molar refractivity (Wildman–Crippen MR) is 106 cm³/mol. The van der Waals surface area contributed by atoms with E-state index in [9.17, 15) is 12.8 Å². The van der Waals surface area contributed by atoms with Crippen LogP contribution in [0, 0.1) is 19.7 Å². The van der Waals surface area contributed by atoms with Crippen molar-refractivity contribution >= 4 is 33.2 Å². The highest BCUT2D eigenvalue weighted by molar-refractivity contribution is 7.89. The molecule has 9 heteroatoms. The lowest BCUT2D eigenvalue weighted by Gasteiger charge is -2.34. The van der Waals surface area contributed by atoms with Gasteiger partial charge in [0.2, 0.25) is 10.0 Å². The third-order valence-corrected chi connectivity index (χ3v) is 7.61. The summed E-state index contributed by atoms with van der Waals surface area (Å²) in [5.74, 6) is -0.367. The smallest absolute Gasteiger partial charge is 0.243 e. The molecule has 2 aromatic carbocycles. The van der Waals surface area contributed by atoms with Crippen molar-refractivity contribution in [2.45, 2.75) is 25.3 Å². The fourth-order valence-electron chi connectivity index (χ4n) is 3.19. The molecule has 1 fully saturated rings. The first-order valence-electron chi connectivity index (χ1n) is 8.61. The molecule has 0 radical (unpaired) electrons. The van der Waals surface area contributed by atoms with Crippen molar-refractivity contribution in [3.8, 4) is 0 Å². The summed E-state index contributed by atoms with van der Waals surface area (Å²) in [6.45, 7) is 6.06. The van der Waals surface area contributed by atoms with Crippen molar-refractivity contribution < 1.29 is 25.2 Å². The molecule has 0 saturated carbocycles. The molecule has 0 spiro atoms. The molecule has 1 aliphatic heterocycles. The van der Waals surface area contributed by atoms with Crippen molar-refractivity contribution in [1.82, 2.24) is 9.21 Å². The van der Waals surface area contributed by atoms with Crippen LogP contribution in [0.15, 0.2) is 35.2 Å². The molecular weight excluding hydrogens is 446 g/mol. The molecule has 1 aliphatic rings. The van der Waals surface area contributed by atoms with Crippen LogP contribution in [-0.2, 0) is 16.6 Å². The van der Waals surface area contributed by atoms with E-state index in [1.165, 1.54) is 16.4 Å². The Hall–Kier alpha value is -0.890. The summed E-state index contributed by atoms with van der Waals surface area (Å²) >= 11 is 12.2. The van der Waals surface area contributed by atoms with Crippen LogP contribution < -0.4 is 12.4 Å². The molecule has 28 heavy (non-hydrogen) atoms. The summed E-state index contributed by atoms with van der Waals surface area (Å²) in [5.41, 5.74) is 2.22. The minimum atomic E-state index is -3.57. The first-order chi connectivity index (χ1) is 12.7. The number of benzene rings is 2. The quantitative estimate of drug-likeness (QED) is 0.681. The number of sulfonamides is 1. The van der Waals surface area contributed by atoms with Crippen LogP contribution in [0.5, 0.6) is 0 Å². The molecule has 154 valence electrons. The van der Waals surface area contributed by atoms with Gasteiger partial charge in [0.25, 0.3) is 0 Å². The zero-order valence-electron chi connectivity index (χ0n) is 15.6. The summed E-state index contributed by atoms with van der Waals surface area (Å²) in [7, 11) is -3.57. The largest absolute Gasteiger partial charge is 1.00 e. The molecule has 0 atom stereocenters. The number of piperazine rings is 1. The molecule has 0 aliphatic carbocycles. The second-order valence-electron chi connectivity index (χ2n) is 6.78. The first kappa shape index (κ1) is 23.4. The summed E-state index contributed by atoms with van der Waals surface area (Å²) in [5, 5.41) is 0.949. The van der Waals surface area contributed by atoms with Gasteiger partial charge in [-0.1, -0.05) is 29.3 Å². The number of nitrogens with zero attached hydrogens (tertiary/aromatic N) is 2. The third kappa shape index (κ3) is 4.99. The van der Waals surface area contributed by atoms with E-state index in [-0.39, 0.29) is 18.2 Å². The Labute approximate surface area is 181 Å². The van der Waals surface area contributed by atoms with Crippen molar-refractivity contribution in [3.63, 3.8) is 0 Å². The van der Waals surface area contributed by atoms with Gasteiger partial charge in [-0.2, -0.15) is 4.31 Å². The molecule has 0 amide bonds. The fraction of sp³-hybridized carbons (Fsp3) is 0.368. The third-order valence-electron chi connectivity index (χ3n) is 4.81. The van der Waals surface area contributed by atoms with Gasteiger partial charge in [0, 0.05) is 42.8 Å². The average molecular weight is 467 g/mol. The molecule has 0 bridgehead atoms. The lowest BCUT2D eigenvalue weighted by Crippen LogP contribution is -3.00. The van der Waals surface area contributed by atoms with Gasteiger partial charge < -0.3 is 12.4 Å². The SMILES string of the molecule is Cc1cc(S(=O)(=O)N2CCN(Cc3ccc(F)cc3Cl)CC2)c(C)cc1Cl.[Cl-]. The predicted octanol–water partition coefficient (Wildman–Crippen LogP) is 1.26. The van der Waals surface area contributed by atoms with Crippen molar-refractivity contribution in [1.29, 1.82) is 0 Å². The van der Waals surface area contributed by atoms with E-state index in [1.54, 1.807) is 32.0 Å². The summed E-state index contributed by atoms with van der Waals surface area (Å²) in [4.78, 5) is 2.42. The van der Waals surface area contributed by atoms with Crippen LogP contribution in [0.1, 0.15) is 16.7 Å². The number of hydrogen-bond donors (Lipinski definition) is 0. The maximum Gasteiger partial charge on any atom is 0.243 e. The van der Waals surface area contributed by atoms with Crippen molar-refractivity contribution in [2.24, 2.45) is 0 Å². The lowest BCUT2D eigenvalue weighted by atomic mass is 10.2. The second kappa shape index (κ2) is 9.28. The van der Waals surface area contributed by atoms with E-state index in [0.717, 1.165) is 11.1 Å². The number of halogens is 4. The van der Waals surface area contributed by atoms with Crippen LogP contribution in [0.4, 0.5) is 4.39 Å². The lowest BCUT2D eigenvalue weighted by molar-refractivity contribution is -0.00000876. The number of hydrogen-bond acceptors (Lipinski definition) is 3. The van der Waals surface area contributed by atoms with E-state index in [1.807, 2.05) is 0 Å². The maximum atomic E-state index is 13.2. The molecule has 1 heterocycles. The first-order valence-corrected chi connectivity index (χ1v) is 10.8. The Morgan fingerprint density at radius 1 is 0.964 bits per heavy atom. The zero-order chi connectivity index (χ0) is 19.8. The average Bonchev–Trinajstić information content (AvgIpc) is 2.61. The molecule has 2 aromatic rings. The van der Waals surface area contributed by atoms with Gasteiger partial charge in [-0.25, -0.2) is 12.8 Å². The highest BCUT2D eigenvalue weighted by Gasteiger charge is 2.30. The Balaban J connectivity index is 0.00000280. The molecule has 1 saturated heterocycles. The monoisotopic (exact) mass is 465 g/mol. The zero-order valence-corrected chi connectivity index (χ0v) is 18.6. The molecule has 0 aromatic heterocycles. The Morgan fingerprint density at radius 2 is 1.61 bits per heavy atom. The topological polar surface area (TPSA) is 40.6 Å². The maximum absolute atomic E-state index is 13.2. The summed E-state index contributed by atoms with van der Waals surface area (Å²) in [6, 6.07) is 7.67. The van der Waals surface area contributed by atoms with Crippen LogP contribution in [-0.4, -0.2) is 43.8 Å². The van der Waals surface area contributed by atoms with Crippen molar-refractivity contribution in [2.75, 3.05) is 26.2 Å². The minimum absolute atomic E-state index is 0. The molecule has 0 unspecified atom stereocenters. The van der Waals surface area contributed by atoms with Crippen LogP contribution in [0.3, 0.4) is 0 Å². The highest BCUT2D eigenvalue weighted by atomic mass is 35.5. The van der Waals surface area contributed by atoms with Gasteiger partial charge in [-0.3, -0.25) is 4.90 Å². The Bertz CT molecular complexity index is 962. The molecule has 0 N–H and O–H groups in total. The summed E-state index contributed by atoms with van der Waals surface area (Å²) < 4.78 is 40.7. The summed E-state index contributed by atoms with van der Waals surface area (Å²) in [6.07, 6.45) is 0. The fourth-order valence-corrected chi connectivity index (χ4v) is 5.35. The normalized spacial score (nSPS) is 16.0. The van der Waals surface area contributed by atoms with Gasteiger partial charge in [-0.15, -0.1) is 0 Å². The van der Waals surface area contributed by atoms with Gasteiger partial charge in [0.1, 0.15) is 5.82 Å². The number of aryl methyl sites for hydroxylation is 2. The minimum Gasteiger partial charge on any atom is -1.00 e. The van der Waals surface area contributed by atoms with E-state index >= 15 is 0 Å². The molecular formula is C19H21Cl3FN2O2S-. The van der Waals surface area contributed by atoms with E-state index in [0.29, 0.717) is 53.2 Å². The van der Waals surface area contributed by atoms with Gasteiger partial charge in [0.15, 0.2) is 0 Å². The van der Waals surface area contributed by atoms with E-state index < -0.39 is 10.0 Å².